The topological polar surface area (TPSA) is 60.8 Å². The van der Waals surface area contributed by atoms with Crippen LogP contribution in [0, 0.1) is 12.8 Å². The number of hydrogen-bond acceptors (Lipinski definition) is 2. The molecule has 5 heteroatoms. The van der Waals surface area contributed by atoms with Crippen molar-refractivity contribution >= 4 is 7.60 Å². The fraction of sp³-hybridized carbons (Fsp3) is 0.875. The van der Waals surface area contributed by atoms with Crippen molar-refractivity contribution in [2.45, 2.75) is 12.8 Å². The molecule has 1 saturated heterocycles. The highest BCUT2D eigenvalue weighted by atomic mass is 31.2. The Morgan fingerprint density at radius 1 is 1.54 bits per heavy atom. The van der Waals surface area contributed by atoms with E-state index < -0.39 is 7.60 Å². The predicted molar refractivity (Wildman–Crippen MR) is 51.4 cm³/mol. The maximum atomic E-state index is 10.7. The summed E-state index contributed by atoms with van der Waals surface area (Å²) in [5.74, 6) is 0.174. The zero-order chi connectivity index (χ0) is 9.90. The van der Waals surface area contributed by atoms with Crippen molar-refractivity contribution in [3.63, 3.8) is 0 Å². The molecule has 0 aromatic carbocycles. The molecule has 1 fully saturated rings. The van der Waals surface area contributed by atoms with Gasteiger partial charge in [0.25, 0.3) is 0 Å². The molecule has 4 nitrogen and oxygen atoms in total. The summed E-state index contributed by atoms with van der Waals surface area (Å²) in [5, 5.41) is 0. The van der Waals surface area contributed by atoms with E-state index in [2.05, 4.69) is 11.8 Å². The molecule has 2 N–H and O–H groups in total. The van der Waals surface area contributed by atoms with Gasteiger partial charge in [0.1, 0.15) is 0 Å². The Balaban J connectivity index is 2.29. The first-order valence-electron chi connectivity index (χ1n) is 4.57. The molecule has 1 radical (unpaired) electrons. The van der Waals surface area contributed by atoms with Crippen LogP contribution >= 0.6 is 7.60 Å². The highest BCUT2D eigenvalue weighted by Crippen LogP contribution is 2.39. The highest BCUT2D eigenvalue weighted by molar-refractivity contribution is 7.51. The molecule has 1 atom stereocenters. The van der Waals surface area contributed by atoms with Crippen LogP contribution in [0.4, 0.5) is 0 Å². The van der Waals surface area contributed by atoms with Crippen molar-refractivity contribution in [2.24, 2.45) is 5.92 Å². The van der Waals surface area contributed by atoms with Crippen LogP contribution < -0.4 is 0 Å². The van der Waals surface area contributed by atoms with Crippen LogP contribution in [0.25, 0.3) is 0 Å². The van der Waals surface area contributed by atoms with Gasteiger partial charge in [-0.1, -0.05) is 6.92 Å². The third-order valence-corrected chi connectivity index (χ3v) is 3.33. The van der Waals surface area contributed by atoms with Gasteiger partial charge in [0.15, 0.2) is 0 Å². The number of rotatable bonds is 4. The van der Waals surface area contributed by atoms with E-state index in [0.717, 1.165) is 32.5 Å². The molecule has 0 amide bonds. The van der Waals surface area contributed by atoms with Gasteiger partial charge in [0.05, 0.1) is 6.16 Å². The zero-order valence-electron chi connectivity index (χ0n) is 7.72. The van der Waals surface area contributed by atoms with Crippen LogP contribution in [0.15, 0.2) is 0 Å². The van der Waals surface area contributed by atoms with Gasteiger partial charge < -0.3 is 14.7 Å². The normalized spacial score (nSPS) is 25.3. The summed E-state index contributed by atoms with van der Waals surface area (Å²) in [6, 6.07) is 0. The van der Waals surface area contributed by atoms with Crippen LogP contribution in [0.1, 0.15) is 12.8 Å². The molecule has 0 aliphatic carbocycles. The van der Waals surface area contributed by atoms with Gasteiger partial charge in [-0.3, -0.25) is 4.57 Å². The molecule has 0 aromatic rings. The molecule has 1 heterocycles. The second-order valence-electron chi connectivity index (χ2n) is 3.66. The molecule has 1 rings (SSSR count). The fourth-order valence-electron chi connectivity index (χ4n) is 1.82. The van der Waals surface area contributed by atoms with E-state index in [4.69, 9.17) is 9.79 Å². The standard InChI is InChI=1S/C8H17NO3P/c1-2-4-9-5-3-8(6-9)7-13(10,11)12/h8H,1-7H2,(H2,10,11,12). The summed E-state index contributed by atoms with van der Waals surface area (Å²) >= 11 is 0. The molecular weight excluding hydrogens is 189 g/mol. The van der Waals surface area contributed by atoms with Crippen LogP contribution in [0.5, 0.6) is 0 Å². The van der Waals surface area contributed by atoms with Crippen molar-refractivity contribution in [2.75, 3.05) is 25.8 Å². The Hall–Kier alpha value is 0.110. The molecular formula is C8H17NO3P. The minimum absolute atomic E-state index is 0.0423. The van der Waals surface area contributed by atoms with Crippen molar-refractivity contribution in [3.8, 4) is 0 Å². The minimum atomic E-state index is -3.80. The van der Waals surface area contributed by atoms with Gasteiger partial charge in [-0.25, -0.2) is 0 Å². The number of nitrogens with zero attached hydrogens (tertiary/aromatic N) is 1. The van der Waals surface area contributed by atoms with E-state index in [1.54, 1.807) is 0 Å². The van der Waals surface area contributed by atoms with Crippen molar-refractivity contribution in [3.05, 3.63) is 6.92 Å². The molecule has 13 heavy (non-hydrogen) atoms. The first kappa shape index (κ1) is 11.2. The molecule has 1 aliphatic rings. The summed E-state index contributed by atoms with van der Waals surface area (Å²) in [6.45, 7) is 6.47. The third kappa shape index (κ3) is 4.23. The lowest BCUT2D eigenvalue weighted by atomic mass is 10.2. The van der Waals surface area contributed by atoms with Crippen LogP contribution in [0.3, 0.4) is 0 Å². The summed E-state index contributed by atoms with van der Waals surface area (Å²) < 4.78 is 10.7. The second kappa shape index (κ2) is 4.56. The van der Waals surface area contributed by atoms with E-state index in [-0.39, 0.29) is 12.1 Å². The lowest BCUT2D eigenvalue weighted by molar-refractivity contribution is 0.326. The Labute approximate surface area is 79.1 Å². The molecule has 0 bridgehead atoms. The van der Waals surface area contributed by atoms with E-state index in [0.29, 0.717) is 0 Å². The van der Waals surface area contributed by atoms with E-state index in [1.165, 1.54) is 0 Å². The summed E-state index contributed by atoms with van der Waals surface area (Å²) in [7, 11) is -3.80. The summed E-state index contributed by atoms with van der Waals surface area (Å²) in [5.41, 5.74) is 0. The lowest BCUT2D eigenvalue weighted by Gasteiger charge is -2.14. The number of likely N-dealkylation sites (tertiary alicyclic amines) is 1. The SMILES string of the molecule is [CH2]CCN1CCC(CP(=O)(O)O)C1. The van der Waals surface area contributed by atoms with Gasteiger partial charge in [0, 0.05) is 6.54 Å². The van der Waals surface area contributed by atoms with E-state index in [1.807, 2.05) is 0 Å². The zero-order valence-corrected chi connectivity index (χ0v) is 8.62. The van der Waals surface area contributed by atoms with Crippen molar-refractivity contribution in [1.29, 1.82) is 0 Å². The van der Waals surface area contributed by atoms with Gasteiger partial charge in [-0.2, -0.15) is 0 Å². The maximum Gasteiger partial charge on any atom is 0.325 e. The van der Waals surface area contributed by atoms with Gasteiger partial charge in [-0.05, 0) is 31.8 Å². The van der Waals surface area contributed by atoms with E-state index in [9.17, 15) is 4.57 Å². The second-order valence-corrected chi connectivity index (χ2v) is 5.35. The Kier molecular flexibility index (Phi) is 3.92. The Morgan fingerprint density at radius 3 is 2.77 bits per heavy atom. The number of hydrogen-bond donors (Lipinski definition) is 2. The molecule has 77 valence electrons. The third-order valence-electron chi connectivity index (χ3n) is 2.34. The summed E-state index contributed by atoms with van der Waals surface area (Å²) in [4.78, 5) is 19.8. The maximum absolute atomic E-state index is 10.7. The first-order valence-corrected chi connectivity index (χ1v) is 6.37. The van der Waals surface area contributed by atoms with Crippen LogP contribution in [-0.4, -0.2) is 40.5 Å². The average Bonchev–Trinajstić information content (AvgIpc) is 2.33. The van der Waals surface area contributed by atoms with Crippen LogP contribution in [-0.2, 0) is 4.57 Å². The smallest absolute Gasteiger partial charge is 0.324 e. The fourth-order valence-corrected chi connectivity index (χ4v) is 2.80. The summed E-state index contributed by atoms with van der Waals surface area (Å²) in [6.07, 6.45) is 1.81. The quantitative estimate of drug-likeness (QED) is 0.665. The first-order chi connectivity index (χ1) is 6.01. The Morgan fingerprint density at radius 2 is 2.23 bits per heavy atom. The highest BCUT2D eigenvalue weighted by Gasteiger charge is 2.27. The largest absolute Gasteiger partial charge is 0.325 e. The molecule has 0 saturated carbocycles. The predicted octanol–water partition coefficient (Wildman–Crippen LogP) is 0.710. The van der Waals surface area contributed by atoms with Gasteiger partial charge in [-0.15, -0.1) is 0 Å². The van der Waals surface area contributed by atoms with Crippen molar-refractivity contribution in [1.82, 2.24) is 4.90 Å². The minimum Gasteiger partial charge on any atom is -0.324 e. The molecule has 1 aliphatic heterocycles. The Bertz CT molecular complexity index is 204. The van der Waals surface area contributed by atoms with E-state index >= 15 is 0 Å². The lowest BCUT2D eigenvalue weighted by Crippen LogP contribution is -2.22. The van der Waals surface area contributed by atoms with Crippen molar-refractivity contribution < 1.29 is 14.4 Å². The molecule has 0 spiro atoms. The molecule has 0 aromatic heterocycles. The van der Waals surface area contributed by atoms with Crippen LogP contribution in [0.2, 0.25) is 0 Å². The van der Waals surface area contributed by atoms with Gasteiger partial charge >= 0.3 is 7.60 Å². The average molecular weight is 206 g/mol. The molecule has 1 unspecified atom stereocenters. The van der Waals surface area contributed by atoms with Gasteiger partial charge in [0.2, 0.25) is 0 Å². The monoisotopic (exact) mass is 206 g/mol.